The zero-order valence-electron chi connectivity index (χ0n) is 13.8. The fraction of sp³-hybridized carbons (Fsp3) is 0.316. The van der Waals surface area contributed by atoms with Crippen LogP contribution < -0.4 is 0 Å². The Morgan fingerprint density at radius 2 is 1.38 bits per heavy atom. The molecule has 0 atom stereocenters. The van der Waals surface area contributed by atoms with Gasteiger partial charge in [0.1, 0.15) is 3.74 Å². The quantitative estimate of drug-likeness (QED) is 0.469. The van der Waals surface area contributed by atoms with E-state index in [0.29, 0.717) is 0 Å². The first kappa shape index (κ1) is 21.6. The van der Waals surface area contributed by atoms with E-state index in [1.54, 1.807) is 0 Å². The summed E-state index contributed by atoms with van der Waals surface area (Å²) in [5, 5.41) is 0. The molecule has 0 radical (unpaired) electrons. The highest BCUT2D eigenvalue weighted by Gasteiger charge is 2.43. The summed E-state index contributed by atoms with van der Waals surface area (Å²) in [7, 11) is 4.07. The van der Waals surface area contributed by atoms with E-state index in [1.807, 2.05) is 74.8 Å². The average Bonchev–Trinajstić information content (AvgIpc) is 2.57. The van der Waals surface area contributed by atoms with Crippen LogP contribution >= 0.6 is 48.8 Å². The van der Waals surface area contributed by atoms with Crippen LogP contribution in [-0.4, -0.2) is 35.1 Å². The SMILES string of the molecule is Br.CN(C)CCC(C(=O)C(Br)Br)(c1ccccc1)c1ccccc1. The third kappa shape index (κ3) is 4.78. The first-order valence-corrected chi connectivity index (χ1v) is 9.40. The van der Waals surface area contributed by atoms with E-state index in [9.17, 15) is 4.79 Å². The molecule has 24 heavy (non-hydrogen) atoms. The second-order valence-corrected chi connectivity index (χ2v) is 8.92. The Balaban J connectivity index is 0.00000288. The van der Waals surface area contributed by atoms with Gasteiger partial charge in [0.25, 0.3) is 0 Å². The van der Waals surface area contributed by atoms with Gasteiger partial charge in [0.15, 0.2) is 5.78 Å². The minimum Gasteiger partial charge on any atom is -0.309 e. The van der Waals surface area contributed by atoms with Gasteiger partial charge in [-0.15, -0.1) is 17.0 Å². The molecule has 0 spiro atoms. The number of ketones is 1. The highest BCUT2D eigenvalue weighted by molar-refractivity contribution is 9.25. The zero-order valence-corrected chi connectivity index (χ0v) is 18.7. The van der Waals surface area contributed by atoms with E-state index in [4.69, 9.17) is 0 Å². The van der Waals surface area contributed by atoms with Gasteiger partial charge in [-0.2, -0.15) is 0 Å². The van der Waals surface area contributed by atoms with Gasteiger partial charge in [-0.05, 0) is 38.2 Å². The van der Waals surface area contributed by atoms with Crippen molar-refractivity contribution < 1.29 is 4.79 Å². The molecule has 0 aromatic heterocycles. The molecule has 0 aliphatic rings. The molecular formula is C19H22Br3NO. The lowest BCUT2D eigenvalue weighted by molar-refractivity contribution is -0.121. The number of hydrogen-bond acceptors (Lipinski definition) is 2. The lowest BCUT2D eigenvalue weighted by atomic mass is 9.69. The molecule has 0 saturated carbocycles. The summed E-state index contributed by atoms with van der Waals surface area (Å²) < 4.78 is -0.391. The van der Waals surface area contributed by atoms with Crippen molar-refractivity contribution >= 4 is 54.6 Å². The van der Waals surface area contributed by atoms with E-state index in [0.717, 1.165) is 24.1 Å². The monoisotopic (exact) mass is 517 g/mol. The normalized spacial score (nSPS) is 11.4. The fourth-order valence-corrected chi connectivity index (χ4v) is 3.67. The number of alkyl halides is 2. The molecule has 2 aromatic rings. The van der Waals surface area contributed by atoms with Crippen molar-refractivity contribution in [3.8, 4) is 0 Å². The number of benzene rings is 2. The van der Waals surface area contributed by atoms with E-state index >= 15 is 0 Å². The molecule has 0 aliphatic heterocycles. The predicted octanol–water partition coefficient (Wildman–Crippen LogP) is 5.19. The van der Waals surface area contributed by atoms with Crippen molar-refractivity contribution in [3.63, 3.8) is 0 Å². The molecule has 0 heterocycles. The number of hydrogen-bond donors (Lipinski definition) is 0. The van der Waals surface area contributed by atoms with Gasteiger partial charge in [0.05, 0.1) is 5.41 Å². The minimum absolute atomic E-state index is 0. The van der Waals surface area contributed by atoms with Crippen molar-refractivity contribution in [3.05, 3.63) is 71.8 Å². The van der Waals surface area contributed by atoms with Gasteiger partial charge in [0.2, 0.25) is 0 Å². The Morgan fingerprint density at radius 3 is 1.71 bits per heavy atom. The zero-order chi connectivity index (χ0) is 16.9. The highest BCUT2D eigenvalue weighted by Crippen LogP contribution is 2.40. The van der Waals surface area contributed by atoms with Crippen LogP contribution in [0.4, 0.5) is 0 Å². The number of carbonyl (C=O) groups excluding carboxylic acids is 1. The van der Waals surface area contributed by atoms with Crippen LogP contribution in [0.15, 0.2) is 60.7 Å². The van der Waals surface area contributed by atoms with Gasteiger partial charge in [-0.3, -0.25) is 4.79 Å². The van der Waals surface area contributed by atoms with Gasteiger partial charge < -0.3 is 4.90 Å². The van der Waals surface area contributed by atoms with Crippen molar-refractivity contribution in [1.82, 2.24) is 4.90 Å². The third-order valence-corrected chi connectivity index (χ3v) is 4.92. The van der Waals surface area contributed by atoms with Crippen LogP contribution in [0.5, 0.6) is 0 Å². The second-order valence-electron chi connectivity index (χ2n) is 5.86. The molecule has 0 unspecified atom stereocenters. The standard InChI is InChI=1S/C19H21Br2NO.BrH/c1-22(2)14-13-19(17(23)18(20)21,15-9-5-3-6-10-15)16-11-7-4-8-12-16;/h3-12,18H,13-14H2,1-2H3;1H. The van der Waals surface area contributed by atoms with Gasteiger partial charge in [0, 0.05) is 0 Å². The molecule has 2 aromatic carbocycles. The first-order chi connectivity index (χ1) is 11.0. The molecule has 2 nitrogen and oxygen atoms in total. The van der Waals surface area contributed by atoms with E-state index < -0.39 is 9.15 Å². The van der Waals surface area contributed by atoms with Gasteiger partial charge in [-0.1, -0.05) is 92.5 Å². The van der Waals surface area contributed by atoms with Crippen molar-refractivity contribution in [1.29, 1.82) is 0 Å². The maximum Gasteiger partial charge on any atom is 0.172 e. The van der Waals surface area contributed by atoms with E-state index in [1.165, 1.54) is 0 Å². The summed E-state index contributed by atoms with van der Waals surface area (Å²) in [6.07, 6.45) is 0.723. The van der Waals surface area contributed by atoms with Crippen molar-refractivity contribution in [2.24, 2.45) is 0 Å². The molecule has 0 aliphatic carbocycles. The Bertz CT molecular complexity index is 590. The molecule has 0 N–H and O–H groups in total. The lowest BCUT2D eigenvalue weighted by Gasteiger charge is -2.35. The first-order valence-electron chi connectivity index (χ1n) is 7.56. The second kappa shape index (κ2) is 9.85. The smallest absolute Gasteiger partial charge is 0.172 e. The van der Waals surface area contributed by atoms with Crippen LogP contribution in [0.1, 0.15) is 17.5 Å². The van der Waals surface area contributed by atoms with Crippen LogP contribution in [0.3, 0.4) is 0 Å². The van der Waals surface area contributed by atoms with Crippen molar-refractivity contribution in [2.45, 2.75) is 15.6 Å². The number of rotatable bonds is 7. The highest BCUT2D eigenvalue weighted by atomic mass is 79.9. The Kier molecular flexibility index (Phi) is 8.85. The summed E-state index contributed by atoms with van der Waals surface area (Å²) in [6, 6.07) is 20.1. The van der Waals surface area contributed by atoms with E-state index in [2.05, 4.69) is 36.8 Å². The fourth-order valence-electron chi connectivity index (χ4n) is 2.89. The summed E-state index contributed by atoms with van der Waals surface area (Å²) >= 11 is 6.86. The molecular weight excluding hydrogens is 498 g/mol. The molecule has 0 bridgehead atoms. The Hall–Kier alpha value is -0.490. The van der Waals surface area contributed by atoms with Crippen LogP contribution in [0.2, 0.25) is 0 Å². The molecule has 0 amide bonds. The minimum atomic E-state index is -0.676. The largest absolute Gasteiger partial charge is 0.309 e. The molecule has 5 heteroatoms. The summed E-state index contributed by atoms with van der Waals surface area (Å²) in [5.41, 5.74) is 1.38. The molecule has 0 saturated heterocycles. The number of nitrogens with zero attached hydrogens (tertiary/aromatic N) is 1. The molecule has 2 rings (SSSR count). The van der Waals surface area contributed by atoms with Gasteiger partial charge >= 0.3 is 0 Å². The maximum absolute atomic E-state index is 13.3. The predicted molar refractivity (Wildman–Crippen MR) is 114 cm³/mol. The molecule has 0 fully saturated rings. The topological polar surface area (TPSA) is 20.3 Å². The van der Waals surface area contributed by atoms with Crippen LogP contribution in [0.25, 0.3) is 0 Å². The van der Waals surface area contributed by atoms with Crippen LogP contribution in [0, 0.1) is 0 Å². The summed E-state index contributed by atoms with van der Waals surface area (Å²) in [6.45, 7) is 0.822. The third-order valence-electron chi connectivity index (χ3n) is 4.09. The number of carbonyl (C=O) groups is 1. The van der Waals surface area contributed by atoms with Gasteiger partial charge in [-0.25, -0.2) is 0 Å². The lowest BCUT2D eigenvalue weighted by Crippen LogP contribution is -2.42. The van der Waals surface area contributed by atoms with E-state index in [-0.39, 0.29) is 22.8 Å². The Labute approximate surface area is 171 Å². The molecule has 130 valence electrons. The van der Waals surface area contributed by atoms with Crippen LogP contribution in [-0.2, 0) is 10.2 Å². The average molecular weight is 520 g/mol. The summed E-state index contributed by atoms with van der Waals surface area (Å²) in [5.74, 6) is 0.122. The summed E-state index contributed by atoms with van der Waals surface area (Å²) in [4.78, 5) is 15.4. The van der Waals surface area contributed by atoms with Crippen molar-refractivity contribution in [2.75, 3.05) is 20.6 Å². The Morgan fingerprint density at radius 1 is 0.958 bits per heavy atom. The number of Topliss-reactive ketones (excluding diaryl/α,β-unsaturated/α-hetero) is 1. The maximum atomic E-state index is 13.3. The number of halogens is 3.